The molecule has 1 aliphatic heterocycles. The largest absolute Gasteiger partial charge is 0.387 e. The fourth-order valence-electron chi connectivity index (χ4n) is 1.88. The number of hydrogen-bond acceptors (Lipinski definition) is 4. The van der Waals surface area contributed by atoms with Gasteiger partial charge in [-0.25, -0.2) is 0 Å². The number of aliphatic hydroxyl groups excluding tert-OH is 2. The average molecular weight is 179 g/mol. The molecule has 0 bridgehead atoms. The SMILES string of the molecule is O[C@@H]1[C@@H]2O[C@@H]2c2ncccc2[C@H]1O. The predicted octanol–water partition coefficient (Wildman–Crippen LogP) is -0.0706. The van der Waals surface area contributed by atoms with E-state index in [2.05, 4.69) is 4.98 Å². The number of fused-ring (bicyclic) bond motifs is 3. The van der Waals surface area contributed by atoms with Crippen LogP contribution in [0.4, 0.5) is 0 Å². The second-order valence-electron chi connectivity index (χ2n) is 3.43. The third-order valence-electron chi connectivity index (χ3n) is 2.65. The highest BCUT2D eigenvalue weighted by Gasteiger charge is 2.54. The van der Waals surface area contributed by atoms with Crippen molar-refractivity contribution in [2.75, 3.05) is 0 Å². The molecule has 0 aromatic carbocycles. The summed E-state index contributed by atoms with van der Waals surface area (Å²) in [5.74, 6) is 0. The van der Waals surface area contributed by atoms with Gasteiger partial charge < -0.3 is 14.9 Å². The summed E-state index contributed by atoms with van der Waals surface area (Å²) in [7, 11) is 0. The van der Waals surface area contributed by atoms with Gasteiger partial charge in [0.1, 0.15) is 24.4 Å². The number of epoxide rings is 1. The highest BCUT2D eigenvalue weighted by Crippen LogP contribution is 2.49. The smallest absolute Gasteiger partial charge is 0.129 e. The van der Waals surface area contributed by atoms with E-state index in [4.69, 9.17) is 4.74 Å². The van der Waals surface area contributed by atoms with E-state index in [1.165, 1.54) is 0 Å². The molecule has 1 aliphatic carbocycles. The zero-order chi connectivity index (χ0) is 9.00. The predicted molar refractivity (Wildman–Crippen MR) is 42.8 cm³/mol. The van der Waals surface area contributed by atoms with Crippen LogP contribution in [0.2, 0.25) is 0 Å². The minimum atomic E-state index is -0.854. The fraction of sp³-hybridized carbons (Fsp3) is 0.444. The summed E-state index contributed by atoms with van der Waals surface area (Å²) in [4.78, 5) is 4.13. The maximum absolute atomic E-state index is 9.66. The van der Waals surface area contributed by atoms with Crippen LogP contribution in [0, 0.1) is 0 Å². The lowest BCUT2D eigenvalue weighted by Crippen LogP contribution is -2.29. The third kappa shape index (κ3) is 0.877. The number of aromatic nitrogens is 1. The summed E-state index contributed by atoms with van der Waals surface area (Å²) in [5, 5.41) is 19.2. The topological polar surface area (TPSA) is 65.9 Å². The lowest BCUT2D eigenvalue weighted by molar-refractivity contribution is -0.000302. The van der Waals surface area contributed by atoms with Crippen molar-refractivity contribution in [1.82, 2.24) is 4.98 Å². The highest BCUT2D eigenvalue weighted by molar-refractivity contribution is 5.33. The highest BCUT2D eigenvalue weighted by atomic mass is 16.6. The van der Waals surface area contributed by atoms with Crippen molar-refractivity contribution in [2.45, 2.75) is 24.4 Å². The van der Waals surface area contributed by atoms with E-state index >= 15 is 0 Å². The zero-order valence-corrected chi connectivity index (χ0v) is 6.79. The van der Waals surface area contributed by atoms with Crippen LogP contribution >= 0.6 is 0 Å². The molecule has 3 rings (SSSR count). The third-order valence-corrected chi connectivity index (χ3v) is 2.65. The maximum Gasteiger partial charge on any atom is 0.129 e. The number of ether oxygens (including phenoxy) is 1. The number of hydrogen-bond donors (Lipinski definition) is 2. The van der Waals surface area contributed by atoms with Gasteiger partial charge in [0, 0.05) is 11.8 Å². The Morgan fingerprint density at radius 3 is 3.08 bits per heavy atom. The van der Waals surface area contributed by atoms with Crippen molar-refractivity contribution < 1.29 is 14.9 Å². The van der Waals surface area contributed by atoms with Gasteiger partial charge in [0.2, 0.25) is 0 Å². The van der Waals surface area contributed by atoms with Crippen molar-refractivity contribution in [3.05, 3.63) is 29.6 Å². The van der Waals surface area contributed by atoms with Crippen LogP contribution in [0.1, 0.15) is 23.5 Å². The first-order chi connectivity index (χ1) is 6.29. The fourth-order valence-corrected chi connectivity index (χ4v) is 1.88. The molecule has 2 heterocycles. The van der Waals surface area contributed by atoms with Gasteiger partial charge in [0.15, 0.2) is 0 Å². The summed E-state index contributed by atoms with van der Waals surface area (Å²) in [6.45, 7) is 0. The Bertz CT molecular complexity index is 354. The average Bonchev–Trinajstić information content (AvgIpc) is 2.94. The minimum Gasteiger partial charge on any atom is -0.387 e. The monoisotopic (exact) mass is 179 g/mol. The van der Waals surface area contributed by atoms with Crippen LogP contribution in [-0.4, -0.2) is 27.4 Å². The molecule has 1 saturated heterocycles. The number of nitrogens with zero attached hydrogens (tertiary/aromatic N) is 1. The van der Waals surface area contributed by atoms with E-state index in [1.54, 1.807) is 18.3 Å². The van der Waals surface area contributed by atoms with Crippen LogP contribution < -0.4 is 0 Å². The first-order valence-electron chi connectivity index (χ1n) is 4.25. The molecule has 1 aromatic heterocycles. The summed E-state index contributed by atoms with van der Waals surface area (Å²) in [6.07, 6.45) is -0.344. The summed E-state index contributed by atoms with van der Waals surface area (Å²) < 4.78 is 5.21. The Hall–Kier alpha value is -0.970. The van der Waals surface area contributed by atoms with Gasteiger partial charge in [-0.05, 0) is 6.07 Å². The lowest BCUT2D eigenvalue weighted by atomic mass is 9.91. The quantitative estimate of drug-likeness (QED) is 0.547. The van der Waals surface area contributed by atoms with Crippen LogP contribution in [0.5, 0.6) is 0 Å². The van der Waals surface area contributed by atoms with Crippen molar-refractivity contribution in [1.29, 1.82) is 0 Å². The van der Waals surface area contributed by atoms with E-state index in [1.807, 2.05) is 0 Å². The van der Waals surface area contributed by atoms with Crippen molar-refractivity contribution in [3.63, 3.8) is 0 Å². The van der Waals surface area contributed by atoms with Gasteiger partial charge in [0.25, 0.3) is 0 Å². The van der Waals surface area contributed by atoms with Crippen LogP contribution in [0.15, 0.2) is 18.3 Å². The van der Waals surface area contributed by atoms with E-state index in [9.17, 15) is 10.2 Å². The molecule has 0 spiro atoms. The van der Waals surface area contributed by atoms with Crippen molar-refractivity contribution in [3.8, 4) is 0 Å². The van der Waals surface area contributed by atoms with Gasteiger partial charge in [-0.3, -0.25) is 4.98 Å². The minimum absolute atomic E-state index is 0.102. The van der Waals surface area contributed by atoms with Gasteiger partial charge >= 0.3 is 0 Å². The molecule has 1 fully saturated rings. The summed E-state index contributed by atoms with van der Waals surface area (Å²) in [5.41, 5.74) is 1.46. The second-order valence-corrected chi connectivity index (χ2v) is 3.43. The molecule has 68 valence electrons. The molecule has 13 heavy (non-hydrogen) atoms. The van der Waals surface area contributed by atoms with Crippen molar-refractivity contribution >= 4 is 0 Å². The van der Waals surface area contributed by atoms with Gasteiger partial charge in [-0.2, -0.15) is 0 Å². The van der Waals surface area contributed by atoms with Gasteiger partial charge in [-0.15, -0.1) is 0 Å². The lowest BCUT2D eigenvalue weighted by Gasteiger charge is -2.21. The Morgan fingerprint density at radius 2 is 2.23 bits per heavy atom. The summed E-state index contributed by atoms with van der Waals surface area (Å²) in [6, 6.07) is 3.52. The number of rotatable bonds is 0. The standard InChI is InChI=1S/C9H9NO3/c11-6-4-2-1-3-10-5(4)8-9(13-8)7(6)12/h1-3,6-9,11-12H/t6-,7+,8-,9+/m1/s1. The van der Waals surface area contributed by atoms with Gasteiger partial charge in [0.05, 0.1) is 5.69 Å². The molecular weight excluding hydrogens is 170 g/mol. The molecule has 4 heteroatoms. The first-order valence-corrected chi connectivity index (χ1v) is 4.25. The molecule has 1 aromatic rings. The Balaban J connectivity index is 2.14. The van der Waals surface area contributed by atoms with Crippen LogP contribution in [0.25, 0.3) is 0 Å². The van der Waals surface area contributed by atoms with Crippen LogP contribution in [0.3, 0.4) is 0 Å². The normalized spacial score (nSPS) is 40.8. The maximum atomic E-state index is 9.66. The second kappa shape index (κ2) is 2.29. The molecule has 4 atom stereocenters. The van der Waals surface area contributed by atoms with E-state index in [0.717, 1.165) is 5.69 Å². The molecule has 2 aliphatic rings. The molecule has 2 N–H and O–H groups in total. The van der Waals surface area contributed by atoms with E-state index in [0.29, 0.717) is 5.56 Å². The zero-order valence-electron chi connectivity index (χ0n) is 6.79. The van der Waals surface area contributed by atoms with E-state index in [-0.39, 0.29) is 12.2 Å². The summed E-state index contributed by atoms with van der Waals surface area (Å²) >= 11 is 0. The van der Waals surface area contributed by atoms with Gasteiger partial charge in [-0.1, -0.05) is 6.07 Å². The first kappa shape index (κ1) is 7.44. The van der Waals surface area contributed by atoms with E-state index < -0.39 is 12.2 Å². The molecular formula is C9H9NO3. The molecule has 0 amide bonds. The van der Waals surface area contributed by atoms with Crippen LogP contribution in [-0.2, 0) is 4.74 Å². The Kier molecular flexibility index (Phi) is 1.31. The molecule has 4 nitrogen and oxygen atoms in total. The van der Waals surface area contributed by atoms with Crippen molar-refractivity contribution in [2.24, 2.45) is 0 Å². The number of pyridine rings is 1. The molecule has 0 radical (unpaired) electrons. The Morgan fingerprint density at radius 1 is 1.38 bits per heavy atom. The molecule has 0 unspecified atom stereocenters. The number of aliphatic hydroxyl groups is 2. The Labute approximate surface area is 74.8 Å². The molecule has 0 saturated carbocycles.